The van der Waals surface area contributed by atoms with Gasteiger partial charge in [0.05, 0.1) is 0 Å². The number of urea groups is 1. The van der Waals surface area contributed by atoms with Crippen LogP contribution in [0.2, 0.25) is 0 Å². The molecule has 0 aromatic heterocycles. The van der Waals surface area contributed by atoms with Crippen molar-refractivity contribution in [2.45, 2.75) is 60.3 Å². The molecule has 0 unspecified atom stereocenters. The molecule has 0 atom stereocenters. The number of rotatable bonds is 2. The molecule has 0 aromatic carbocycles. The van der Waals surface area contributed by atoms with Crippen molar-refractivity contribution in [3.05, 3.63) is 0 Å². The van der Waals surface area contributed by atoms with E-state index < -0.39 is 5.97 Å². The van der Waals surface area contributed by atoms with Gasteiger partial charge in [-0.3, -0.25) is 4.79 Å². The Bertz CT molecular complexity index is 245. The molecule has 1 rings (SSSR count). The summed E-state index contributed by atoms with van der Waals surface area (Å²) in [6, 6.07) is -0.255. The number of carboxylic acid groups (broad SMARTS) is 1. The molecule has 0 radical (unpaired) electrons. The van der Waals surface area contributed by atoms with E-state index in [4.69, 9.17) is 5.11 Å². The minimum Gasteiger partial charge on any atom is -0.480 e. The van der Waals surface area contributed by atoms with Crippen molar-refractivity contribution in [1.82, 2.24) is 10.2 Å². The van der Waals surface area contributed by atoms with E-state index in [2.05, 4.69) is 26.1 Å². The Labute approximate surface area is 123 Å². The maximum absolute atomic E-state index is 11.4. The highest BCUT2D eigenvalue weighted by Crippen LogP contribution is 2.09. The molecule has 1 heterocycles. The van der Waals surface area contributed by atoms with Crippen molar-refractivity contribution in [3.63, 3.8) is 0 Å². The lowest BCUT2D eigenvalue weighted by atomic mass is 10.2. The highest BCUT2D eigenvalue weighted by Gasteiger charge is 2.15. The van der Waals surface area contributed by atoms with Gasteiger partial charge in [0.15, 0.2) is 0 Å². The lowest BCUT2D eigenvalue weighted by Gasteiger charge is -2.19. The Kier molecular flexibility index (Phi) is 14.9. The fourth-order valence-electron chi connectivity index (χ4n) is 1.54. The first kappa shape index (κ1) is 21.0. The molecule has 1 fully saturated rings. The van der Waals surface area contributed by atoms with Crippen LogP contribution in [0.3, 0.4) is 0 Å². The minimum atomic E-state index is -1.01. The monoisotopic (exact) mass is 288 g/mol. The zero-order valence-electron chi connectivity index (χ0n) is 13.7. The molecule has 2 N–H and O–H groups in total. The quantitative estimate of drug-likeness (QED) is 0.818. The third-order valence-corrected chi connectivity index (χ3v) is 2.28. The number of hydrogen-bond acceptors (Lipinski definition) is 2. The van der Waals surface area contributed by atoms with Crippen LogP contribution in [0, 0.1) is 5.92 Å². The second-order valence-corrected chi connectivity index (χ2v) is 5.19. The first-order chi connectivity index (χ1) is 9.43. The molecule has 0 aromatic rings. The second-order valence-electron chi connectivity index (χ2n) is 5.19. The van der Waals surface area contributed by atoms with Crippen molar-refractivity contribution in [3.8, 4) is 0 Å². The van der Waals surface area contributed by atoms with E-state index in [9.17, 15) is 9.59 Å². The van der Waals surface area contributed by atoms with Gasteiger partial charge in [-0.2, -0.15) is 0 Å². The Morgan fingerprint density at radius 3 is 1.80 bits per heavy atom. The van der Waals surface area contributed by atoms with Crippen LogP contribution in [0.5, 0.6) is 0 Å². The Morgan fingerprint density at radius 1 is 1.05 bits per heavy atom. The SMILES string of the molecule is CC.CC(C)C.O=C(O)CNC(=O)N1CCCCCC1. The number of carboxylic acids is 1. The van der Waals surface area contributed by atoms with E-state index in [0.717, 1.165) is 44.7 Å². The third-order valence-electron chi connectivity index (χ3n) is 2.28. The second kappa shape index (κ2) is 14.2. The zero-order valence-corrected chi connectivity index (χ0v) is 13.7. The summed E-state index contributed by atoms with van der Waals surface area (Å²) in [5, 5.41) is 10.8. The molecule has 120 valence electrons. The van der Waals surface area contributed by atoms with Gasteiger partial charge >= 0.3 is 12.0 Å². The standard InChI is InChI=1S/C9H16N2O3.C4H10.C2H6/c12-8(13)7-10-9(14)11-5-3-1-2-4-6-11;1-4(2)3;1-2/h1-7H2,(H,10,14)(H,12,13);4H,1-3H3;1-2H3. The average molecular weight is 288 g/mol. The number of likely N-dealkylation sites (tertiary alicyclic amines) is 1. The number of nitrogens with one attached hydrogen (secondary N) is 1. The van der Waals surface area contributed by atoms with Gasteiger partial charge in [0, 0.05) is 13.1 Å². The highest BCUT2D eigenvalue weighted by molar-refractivity contribution is 5.79. The van der Waals surface area contributed by atoms with E-state index in [-0.39, 0.29) is 12.6 Å². The van der Waals surface area contributed by atoms with E-state index in [1.807, 2.05) is 13.8 Å². The van der Waals surface area contributed by atoms with Crippen molar-refractivity contribution in [2.75, 3.05) is 19.6 Å². The van der Waals surface area contributed by atoms with E-state index in [1.54, 1.807) is 4.90 Å². The molecule has 0 spiro atoms. The molecular weight excluding hydrogens is 256 g/mol. The summed E-state index contributed by atoms with van der Waals surface area (Å²) >= 11 is 0. The molecule has 5 heteroatoms. The van der Waals surface area contributed by atoms with Gasteiger partial charge in [-0.05, 0) is 18.8 Å². The first-order valence-corrected chi connectivity index (χ1v) is 7.68. The summed E-state index contributed by atoms with van der Waals surface area (Å²) in [7, 11) is 0. The molecule has 0 aliphatic carbocycles. The predicted octanol–water partition coefficient (Wildman–Crippen LogP) is 3.35. The molecular formula is C15H32N2O3. The largest absolute Gasteiger partial charge is 0.480 e. The van der Waals surface area contributed by atoms with Gasteiger partial charge in [-0.15, -0.1) is 0 Å². The summed E-state index contributed by atoms with van der Waals surface area (Å²) in [6.07, 6.45) is 4.34. The topological polar surface area (TPSA) is 69.6 Å². The van der Waals surface area contributed by atoms with Gasteiger partial charge in [0.2, 0.25) is 0 Å². The Balaban J connectivity index is 0. The van der Waals surface area contributed by atoms with Crippen molar-refractivity contribution in [2.24, 2.45) is 5.92 Å². The van der Waals surface area contributed by atoms with E-state index in [0.29, 0.717) is 0 Å². The minimum absolute atomic E-state index is 0.255. The summed E-state index contributed by atoms with van der Waals surface area (Å²) < 4.78 is 0. The molecule has 2 amide bonds. The fourth-order valence-corrected chi connectivity index (χ4v) is 1.54. The molecule has 0 saturated carbocycles. The molecule has 20 heavy (non-hydrogen) atoms. The van der Waals surface area contributed by atoms with Gasteiger partial charge in [-0.25, -0.2) is 4.79 Å². The average Bonchev–Trinajstić information content (AvgIpc) is 2.66. The molecule has 5 nitrogen and oxygen atoms in total. The van der Waals surface area contributed by atoms with Crippen LogP contribution in [0.4, 0.5) is 4.79 Å². The number of aliphatic carboxylic acids is 1. The Hall–Kier alpha value is -1.26. The smallest absolute Gasteiger partial charge is 0.323 e. The number of carbonyl (C=O) groups excluding carboxylic acids is 1. The van der Waals surface area contributed by atoms with Crippen LogP contribution in [-0.2, 0) is 4.79 Å². The van der Waals surface area contributed by atoms with Crippen LogP contribution < -0.4 is 5.32 Å². The lowest BCUT2D eigenvalue weighted by molar-refractivity contribution is -0.135. The molecule has 1 saturated heterocycles. The number of carbonyl (C=O) groups is 2. The van der Waals surface area contributed by atoms with Gasteiger partial charge in [-0.1, -0.05) is 47.5 Å². The van der Waals surface area contributed by atoms with Crippen LogP contribution in [-0.4, -0.2) is 41.6 Å². The molecule has 1 aliphatic heterocycles. The van der Waals surface area contributed by atoms with Crippen LogP contribution in [0.15, 0.2) is 0 Å². The Morgan fingerprint density at radius 2 is 1.45 bits per heavy atom. The maximum Gasteiger partial charge on any atom is 0.323 e. The maximum atomic E-state index is 11.4. The van der Waals surface area contributed by atoms with Crippen LogP contribution in [0.1, 0.15) is 60.3 Å². The predicted molar refractivity (Wildman–Crippen MR) is 82.9 cm³/mol. The summed E-state index contributed by atoms with van der Waals surface area (Å²) in [5.74, 6) is -0.173. The van der Waals surface area contributed by atoms with Crippen LogP contribution >= 0.6 is 0 Å². The van der Waals surface area contributed by atoms with Gasteiger partial charge < -0.3 is 15.3 Å². The zero-order chi connectivity index (χ0) is 16.0. The number of hydrogen-bond donors (Lipinski definition) is 2. The molecule has 0 bridgehead atoms. The lowest BCUT2D eigenvalue weighted by Crippen LogP contribution is -2.42. The van der Waals surface area contributed by atoms with Gasteiger partial charge in [0.1, 0.15) is 6.54 Å². The summed E-state index contributed by atoms with van der Waals surface area (Å²) in [6.45, 7) is 11.7. The van der Waals surface area contributed by atoms with Gasteiger partial charge in [0.25, 0.3) is 0 Å². The number of amides is 2. The van der Waals surface area contributed by atoms with Crippen molar-refractivity contribution >= 4 is 12.0 Å². The van der Waals surface area contributed by atoms with Crippen LogP contribution in [0.25, 0.3) is 0 Å². The third kappa shape index (κ3) is 14.8. The summed E-state index contributed by atoms with van der Waals surface area (Å²) in [4.78, 5) is 23.3. The fraction of sp³-hybridized carbons (Fsp3) is 0.867. The summed E-state index contributed by atoms with van der Waals surface area (Å²) in [5.41, 5.74) is 0. The normalized spacial score (nSPS) is 14.2. The molecule has 1 aliphatic rings. The van der Waals surface area contributed by atoms with E-state index in [1.165, 1.54) is 0 Å². The van der Waals surface area contributed by atoms with E-state index >= 15 is 0 Å². The van der Waals surface area contributed by atoms with Crippen molar-refractivity contribution < 1.29 is 14.7 Å². The van der Waals surface area contributed by atoms with Crippen molar-refractivity contribution in [1.29, 1.82) is 0 Å². The first-order valence-electron chi connectivity index (χ1n) is 7.68. The highest BCUT2D eigenvalue weighted by atomic mass is 16.4. The number of nitrogens with zero attached hydrogens (tertiary/aromatic N) is 1.